The molecule has 0 amide bonds. The van der Waals surface area contributed by atoms with Crippen molar-refractivity contribution in [1.29, 1.82) is 5.41 Å². The van der Waals surface area contributed by atoms with E-state index in [1.807, 2.05) is 77.5 Å². The van der Waals surface area contributed by atoms with Gasteiger partial charge in [-0.1, -0.05) is 41.9 Å². The molecule has 0 aliphatic rings. The Balaban J connectivity index is 1.57. The summed E-state index contributed by atoms with van der Waals surface area (Å²) in [4.78, 5) is 0. The van der Waals surface area contributed by atoms with Gasteiger partial charge < -0.3 is 9.88 Å². The minimum atomic E-state index is 0.143. The van der Waals surface area contributed by atoms with Gasteiger partial charge in [-0.25, -0.2) is 5.43 Å². The number of nitrogens with one attached hydrogen (secondary N) is 3. The van der Waals surface area contributed by atoms with Crippen LogP contribution in [0.3, 0.4) is 0 Å². The van der Waals surface area contributed by atoms with E-state index in [-0.39, 0.29) is 5.96 Å². The monoisotopic (exact) mass is 351 g/mol. The molecular weight excluding hydrogens is 334 g/mol. The van der Waals surface area contributed by atoms with E-state index in [1.54, 1.807) is 6.21 Å². The van der Waals surface area contributed by atoms with Crippen molar-refractivity contribution in [2.75, 3.05) is 0 Å². The van der Waals surface area contributed by atoms with Crippen LogP contribution in [0.5, 0.6) is 0 Å². The summed E-state index contributed by atoms with van der Waals surface area (Å²) in [5, 5.41) is 15.6. The first-order chi connectivity index (χ1) is 12.2. The Labute approximate surface area is 151 Å². The lowest BCUT2D eigenvalue weighted by Gasteiger charge is -2.08. The van der Waals surface area contributed by atoms with Crippen molar-refractivity contribution in [2.24, 2.45) is 5.10 Å². The summed E-state index contributed by atoms with van der Waals surface area (Å²) < 4.78 is 1.99. The van der Waals surface area contributed by atoms with Crippen molar-refractivity contribution < 1.29 is 0 Å². The van der Waals surface area contributed by atoms with Crippen LogP contribution in [-0.4, -0.2) is 16.7 Å². The topological polar surface area (TPSA) is 65.2 Å². The number of rotatable bonds is 5. The number of hydrogen-bond donors (Lipinski definition) is 3. The minimum Gasteiger partial charge on any atom is -0.351 e. The van der Waals surface area contributed by atoms with Gasteiger partial charge in [0.15, 0.2) is 0 Å². The van der Waals surface area contributed by atoms with Gasteiger partial charge in [-0.15, -0.1) is 0 Å². The lowest BCUT2D eigenvalue weighted by atomic mass is 10.2. The number of hydrazone groups is 1. The van der Waals surface area contributed by atoms with Gasteiger partial charge >= 0.3 is 0 Å². The third kappa shape index (κ3) is 4.71. The molecule has 0 unspecified atom stereocenters. The van der Waals surface area contributed by atoms with E-state index in [9.17, 15) is 0 Å². The molecule has 0 aliphatic carbocycles. The Morgan fingerprint density at radius 2 is 1.80 bits per heavy atom. The van der Waals surface area contributed by atoms with Crippen LogP contribution in [0.4, 0.5) is 0 Å². The number of benzene rings is 2. The van der Waals surface area contributed by atoms with Crippen LogP contribution in [-0.2, 0) is 6.54 Å². The lowest BCUT2D eigenvalue weighted by molar-refractivity contribution is 0.837. The largest absolute Gasteiger partial charge is 0.351 e. The fraction of sp³-hybridized carbons (Fsp3) is 0.0526. The SMILES string of the molecule is N=C(NCc1ccccc1)N/N=C/c1cccn1-c1ccc(Cl)cc1. The molecule has 3 N–H and O–H groups in total. The zero-order chi connectivity index (χ0) is 17.5. The normalized spacial score (nSPS) is 10.8. The smallest absolute Gasteiger partial charge is 0.209 e. The average molecular weight is 352 g/mol. The Kier molecular flexibility index (Phi) is 5.49. The Bertz CT molecular complexity index is 853. The first kappa shape index (κ1) is 16.8. The van der Waals surface area contributed by atoms with Crippen molar-refractivity contribution >= 4 is 23.8 Å². The van der Waals surface area contributed by atoms with Crippen LogP contribution in [0, 0.1) is 5.41 Å². The van der Waals surface area contributed by atoms with Crippen molar-refractivity contribution in [3.05, 3.63) is 89.2 Å². The molecule has 3 rings (SSSR count). The second kappa shape index (κ2) is 8.17. The number of halogens is 1. The molecule has 0 saturated heterocycles. The fourth-order valence-electron chi connectivity index (χ4n) is 2.32. The summed E-state index contributed by atoms with van der Waals surface area (Å²) in [5.41, 5.74) is 5.68. The average Bonchev–Trinajstić information content (AvgIpc) is 3.10. The maximum Gasteiger partial charge on any atom is 0.209 e. The molecule has 0 radical (unpaired) electrons. The van der Waals surface area contributed by atoms with Gasteiger partial charge in [0.25, 0.3) is 0 Å². The molecule has 0 fully saturated rings. The molecule has 0 aliphatic heterocycles. The molecule has 0 atom stereocenters. The van der Waals surface area contributed by atoms with E-state index < -0.39 is 0 Å². The molecule has 2 aromatic carbocycles. The van der Waals surface area contributed by atoms with Crippen molar-refractivity contribution in [3.8, 4) is 5.69 Å². The minimum absolute atomic E-state index is 0.143. The van der Waals surface area contributed by atoms with Crippen molar-refractivity contribution in [2.45, 2.75) is 6.54 Å². The Hall–Kier alpha value is -3.05. The quantitative estimate of drug-likeness (QED) is 0.372. The molecule has 0 saturated carbocycles. The van der Waals surface area contributed by atoms with Gasteiger partial charge in [0, 0.05) is 23.5 Å². The van der Waals surface area contributed by atoms with Crippen LogP contribution in [0.1, 0.15) is 11.3 Å². The maximum absolute atomic E-state index is 7.85. The van der Waals surface area contributed by atoms with Gasteiger partial charge in [-0.3, -0.25) is 5.41 Å². The van der Waals surface area contributed by atoms with Gasteiger partial charge in [0.1, 0.15) is 0 Å². The highest BCUT2D eigenvalue weighted by Crippen LogP contribution is 2.15. The van der Waals surface area contributed by atoms with E-state index >= 15 is 0 Å². The van der Waals surface area contributed by atoms with Crippen LogP contribution >= 0.6 is 11.6 Å². The zero-order valence-corrected chi connectivity index (χ0v) is 14.2. The van der Waals surface area contributed by atoms with E-state index in [1.165, 1.54) is 0 Å². The lowest BCUT2D eigenvalue weighted by Crippen LogP contribution is -2.32. The second-order valence-corrected chi connectivity index (χ2v) is 5.80. The molecule has 3 aromatic rings. The van der Waals surface area contributed by atoms with E-state index in [0.29, 0.717) is 11.6 Å². The zero-order valence-electron chi connectivity index (χ0n) is 13.5. The molecule has 126 valence electrons. The van der Waals surface area contributed by atoms with Crippen LogP contribution in [0.2, 0.25) is 5.02 Å². The third-order valence-electron chi connectivity index (χ3n) is 3.57. The van der Waals surface area contributed by atoms with Gasteiger partial charge in [-0.05, 0) is 42.0 Å². The molecule has 5 nitrogen and oxygen atoms in total. The predicted octanol–water partition coefficient (Wildman–Crippen LogP) is 3.78. The summed E-state index contributed by atoms with van der Waals surface area (Å²) >= 11 is 5.93. The molecule has 1 heterocycles. The van der Waals surface area contributed by atoms with E-state index in [4.69, 9.17) is 17.0 Å². The molecular formula is C19H18ClN5. The fourth-order valence-corrected chi connectivity index (χ4v) is 2.45. The number of guanidine groups is 1. The van der Waals surface area contributed by atoms with E-state index in [0.717, 1.165) is 16.9 Å². The maximum atomic E-state index is 7.85. The van der Waals surface area contributed by atoms with Gasteiger partial charge in [0.05, 0.1) is 11.9 Å². The Morgan fingerprint density at radius 1 is 1.04 bits per heavy atom. The summed E-state index contributed by atoms with van der Waals surface area (Å²) in [7, 11) is 0. The Morgan fingerprint density at radius 3 is 2.56 bits per heavy atom. The molecule has 0 bridgehead atoms. The first-order valence-corrected chi connectivity index (χ1v) is 8.19. The summed E-state index contributed by atoms with van der Waals surface area (Å²) in [5.74, 6) is 0.143. The summed E-state index contributed by atoms with van der Waals surface area (Å²) in [6, 6.07) is 21.4. The van der Waals surface area contributed by atoms with Crippen LogP contribution < -0.4 is 10.7 Å². The number of nitrogens with zero attached hydrogens (tertiary/aromatic N) is 2. The van der Waals surface area contributed by atoms with Crippen LogP contribution in [0.25, 0.3) is 5.69 Å². The first-order valence-electron chi connectivity index (χ1n) is 7.81. The highest BCUT2D eigenvalue weighted by Gasteiger charge is 2.01. The van der Waals surface area contributed by atoms with Gasteiger partial charge in [-0.2, -0.15) is 5.10 Å². The predicted molar refractivity (Wildman–Crippen MR) is 103 cm³/mol. The second-order valence-electron chi connectivity index (χ2n) is 5.36. The highest BCUT2D eigenvalue weighted by atomic mass is 35.5. The highest BCUT2D eigenvalue weighted by molar-refractivity contribution is 6.30. The third-order valence-corrected chi connectivity index (χ3v) is 3.82. The van der Waals surface area contributed by atoms with Crippen LogP contribution in [0.15, 0.2) is 78.0 Å². The van der Waals surface area contributed by atoms with E-state index in [2.05, 4.69) is 15.8 Å². The molecule has 1 aromatic heterocycles. The number of aromatic nitrogens is 1. The molecule has 6 heteroatoms. The van der Waals surface area contributed by atoms with Crippen molar-refractivity contribution in [3.63, 3.8) is 0 Å². The molecule has 25 heavy (non-hydrogen) atoms. The summed E-state index contributed by atoms with van der Waals surface area (Å²) in [6.45, 7) is 0.573. The standard InChI is InChI=1S/C19H18ClN5/c20-16-8-10-17(11-9-16)25-12-4-7-18(25)14-23-24-19(21)22-13-15-5-2-1-3-6-15/h1-12,14H,13H2,(H3,21,22,24)/b23-14+. The van der Waals surface area contributed by atoms with Gasteiger partial charge in [0.2, 0.25) is 5.96 Å². The summed E-state index contributed by atoms with van der Waals surface area (Å²) in [6.07, 6.45) is 3.62. The molecule has 0 spiro atoms. The van der Waals surface area contributed by atoms with Crippen molar-refractivity contribution in [1.82, 2.24) is 15.3 Å². The number of hydrogen-bond acceptors (Lipinski definition) is 2.